The van der Waals surface area contributed by atoms with Crippen LogP contribution in [0, 0.1) is 5.82 Å². The summed E-state index contributed by atoms with van der Waals surface area (Å²) in [6.07, 6.45) is 0. The molecule has 0 spiro atoms. The molecule has 1 heterocycles. The van der Waals surface area contributed by atoms with Crippen LogP contribution in [-0.2, 0) is 19.1 Å². The molecular formula is C21H26BFO5S. The van der Waals surface area contributed by atoms with Crippen LogP contribution in [0.1, 0.15) is 34.6 Å². The maximum atomic E-state index is 14.9. The number of methoxy groups -OCH3 is 1. The first-order chi connectivity index (χ1) is 13.4. The number of halogens is 1. The predicted molar refractivity (Wildman–Crippen MR) is 112 cm³/mol. The molecule has 2 aromatic rings. The number of hydrogen-bond donors (Lipinski definition) is 0. The van der Waals surface area contributed by atoms with Crippen molar-refractivity contribution in [3.63, 3.8) is 0 Å². The van der Waals surface area contributed by atoms with Crippen molar-refractivity contribution in [1.82, 2.24) is 0 Å². The number of ether oxygens (including phenoxy) is 1. The zero-order valence-electron chi connectivity index (χ0n) is 17.6. The van der Waals surface area contributed by atoms with Gasteiger partial charge in [0, 0.05) is 11.1 Å². The van der Waals surface area contributed by atoms with E-state index >= 15 is 0 Å². The summed E-state index contributed by atoms with van der Waals surface area (Å²) in [4.78, 5) is -0.0395. The van der Waals surface area contributed by atoms with Gasteiger partial charge < -0.3 is 14.0 Å². The van der Waals surface area contributed by atoms with Gasteiger partial charge in [-0.1, -0.05) is 25.1 Å². The first-order valence-corrected chi connectivity index (χ1v) is 11.1. The Hall–Kier alpha value is -1.90. The summed E-state index contributed by atoms with van der Waals surface area (Å²) in [7, 11) is -2.60. The quantitative estimate of drug-likeness (QED) is 0.692. The molecule has 0 aromatic heterocycles. The van der Waals surface area contributed by atoms with Crippen molar-refractivity contribution in [2.75, 3.05) is 12.9 Å². The number of hydrogen-bond acceptors (Lipinski definition) is 5. The molecule has 1 saturated heterocycles. The molecular weight excluding hydrogens is 394 g/mol. The second-order valence-electron chi connectivity index (χ2n) is 8.09. The Balaban J connectivity index is 2.06. The van der Waals surface area contributed by atoms with Gasteiger partial charge in [0.2, 0.25) is 0 Å². The minimum atomic E-state index is -3.49. The van der Waals surface area contributed by atoms with Gasteiger partial charge in [0.15, 0.2) is 9.84 Å². The minimum Gasteiger partial charge on any atom is -0.496 e. The Morgan fingerprint density at radius 1 is 1.00 bits per heavy atom. The number of benzene rings is 2. The van der Waals surface area contributed by atoms with Crippen molar-refractivity contribution >= 4 is 22.4 Å². The third-order valence-corrected chi connectivity index (χ3v) is 7.45. The van der Waals surface area contributed by atoms with Crippen molar-refractivity contribution in [2.24, 2.45) is 0 Å². The molecule has 1 aliphatic heterocycles. The van der Waals surface area contributed by atoms with Gasteiger partial charge in [-0.15, -0.1) is 0 Å². The summed E-state index contributed by atoms with van der Waals surface area (Å²) in [6, 6.07) is 9.23. The zero-order chi connectivity index (χ0) is 21.6. The Kier molecular flexibility index (Phi) is 5.58. The average molecular weight is 420 g/mol. The third kappa shape index (κ3) is 3.93. The van der Waals surface area contributed by atoms with Crippen LogP contribution < -0.4 is 10.2 Å². The fourth-order valence-corrected chi connectivity index (χ4v) is 4.03. The average Bonchev–Trinajstić information content (AvgIpc) is 2.88. The van der Waals surface area contributed by atoms with E-state index in [0.29, 0.717) is 11.3 Å². The molecule has 156 valence electrons. The fraction of sp³-hybridized carbons (Fsp3) is 0.429. The molecule has 1 fully saturated rings. The van der Waals surface area contributed by atoms with Gasteiger partial charge in [-0.2, -0.15) is 0 Å². The lowest BCUT2D eigenvalue weighted by Crippen LogP contribution is -2.41. The normalized spacial score (nSPS) is 18.1. The maximum absolute atomic E-state index is 14.9. The molecule has 0 atom stereocenters. The van der Waals surface area contributed by atoms with Crippen molar-refractivity contribution in [3.8, 4) is 16.9 Å². The highest BCUT2D eigenvalue weighted by Gasteiger charge is 2.51. The van der Waals surface area contributed by atoms with Crippen LogP contribution in [0.4, 0.5) is 4.39 Å². The fourth-order valence-electron chi connectivity index (χ4n) is 3.14. The first kappa shape index (κ1) is 21.8. The van der Waals surface area contributed by atoms with Crippen LogP contribution in [0.15, 0.2) is 41.3 Å². The lowest BCUT2D eigenvalue weighted by atomic mass is 9.77. The number of sulfone groups is 1. The van der Waals surface area contributed by atoms with E-state index in [1.54, 1.807) is 12.1 Å². The van der Waals surface area contributed by atoms with Crippen LogP contribution >= 0.6 is 0 Å². The highest BCUT2D eigenvalue weighted by molar-refractivity contribution is 7.91. The van der Waals surface area contributed by atoms with Gasteiger partial charge >= 0.3 is 7.12 Å². The zero-order valence-corrected chi connectivity index (χ0v) is 18.4. The van der Waals surface area contributed by atoms with Gasteiger partial charge in [-0.25, -0.2) is 12.8 Å². The van der Waals surface area contributed by atoms with E-state index in [-0.39, 0.29) is 16.2 Å². The molecule has 0 radical (unpaired) electrons. The van der Waals surface area contributed by atoms with E-state index in [0.717, 1.165) is 11.5 Å². The van der Waals surface area contributed by atoms with Gasteiger partial charge in [-0.05, 0) is 51.4 Å². The van der Waals surface area contributed by atoms with E-state index in [4.69, 9.17) is 14.0 Å². The van der Waals surface area contributed by atoms with Crippen molar-refractivity contribution in [2.45, 2.75) is 50.7 Å². The SMILES string of the molecule is CCS(=O)(=O)c1ccc(-c2cc(B3OC(C)(C)C(C)(C)O3)ccc2OC)c(F)c1. The van der Waals surface area contributed by atoms with E-state index in [1.807, 2.05) is 33.8 Å². The largest absolute Gasteiger partial charge is 0.496 e. The van der Waals surface area contributed by atoms with E-state index < -0.39 is 34.0 Å². The van der Waals surface area contributed by atoms with Crippen molar-refractivity contribution in [3.05, 3.63) is 42.2 Å². The Labute approximate surface area is 172 Å². The van der Waals surface area contributed by atoms with Crippen molar-refractivity contribution in [1.29, 1.82) is 0 Å². The molecule has 0 N–H and O–H groups in total. The summed E-state index contributed by atoms with van der Waals surface area (Å²) >= 11 is 0. The van der Waals surface area contributed by atoms with E-state index in [2.05, 4.69) is 0 Å². The molecule has 29 heavy (non-hydrogen) atoms. The van der Waals surface area contributed by atoms with Crippen LogP contribution in [-0.4, -0.2) is 39.6 Å². The topological polar surface area (TPSA) is 61.8 Å². The van der Waals surface area contributed by atoms with E-state index in [1.165, 1.54) is 26.2 Å². The summed E-state index contributed by atoms with van der Waals surface area (Å²) in [5, 5.41) is 0. The van der Waals surface area contributed by atoms with Gasteiger partial charge in [0.25, 0.3) is 0 Å². The van der Waals surface area contributed by atoms with E-state index in [9.17, 15) is 12.8 Å². The second kappa shape index (κ2) is 7.41. The summed E-state index contributed by atoms with van der Waals surface area (Å²) in [5.41, 5.74) is 0.468. The highest BCUT2D eigenvalue weighted by atomic mass is 32.2. The summed E-state index contributed by atoms with van der Waals surface area (Å²) in [5.74, 6) is -0.258. The van der Waals surface area contributed by atoms with Gasteiger partial charge in [-0.3, -0.25) is 0 Å². The van der Waals surface area contributed by atoms with Crippen LogP contribution in [0.25, 0.3) is 11.1 Å². The maximum Gasteiger partial charge on any atom is 0.494 e. The standard InChI is InChI=1S/C21H26BFO5S/c1-7-29(24,25)15-9-10-16(18(23)13-15)17-12-14(8-11-19(17)26-6)22-27-20(2,3)21(4,5)28-22/h8-13H,7H2,1-6H3. The van der Waals surface area contributed by atoms with Crippen LogP contribution in [0.3, 0.4) is 0 Å². The monoisotopic (exact) mass is 420 g/mol. The summed E-state index contributed by atoms with van der Waals surface area (Å²) < 4.78 is 56.6. The molecule has 5 nitrogen and oxygen atoms in total. The summed E-state index contributed by atoms with van der Waals surface area (Å²) in [6.45, 7) is 9.38. The molecule has 0 unspecified atom stereocenters. The lowest BCUT2D eigenvalue weighted by molar-refractivity contribution is 0.00578. The molecule has 2 aromatic carbocycles. The third-order valence-electron chi connectivity index (χ3n) is 5.72. The Morgan fingerprint density at radius 2 is 1.62 bits per heavy atom. The van der Waals surface area contributed by atoms with Gasteiger partial charge in [0.05, 0.1) is 29.0 Å². The smallest absolute Gasteiger partial charge is 0.494 e. The second-order valence-corrected chi connectivity index (χ2v) is 10.4. The molecule has 0 saturated carbocycles. The minimum absolute atomic E-state index is 0.0395. The molecule has 0 aliphatic carbocycles. The highest BCUT2D eigenvalue weighted by Crippen LogP contribution is 2.38. The molecule has 1 aliphatic rings. The molecule has 3 rings (SSSR count). The Morgan fingerprint density at radius 3 is 2.14 bits per heavy atom. The molecule has 0 amide bonds. The molecule has 0 bridgehead atoms. The van der Waals surface area contributed by atoms with Gasteiger partial charge in [0.1, 0.15) is 11.6 Å². The van der Waals surface area contributed by atoms with Crippen LogP contribution in [0.2, 0.25) is 0 Å². The van der Waals surface area contributed by atoms with Crippen LogP contribution in [0.5, 0.6) is 5.75 Å². The van der Waals surface area contributed by atoms with Crippen molar-refractivity contribution < 1.29 is 26.9 Å². The molecule has 8 heteroatoms. The number of rotatable bonds is 5. The predicted octanol–water partition coefficient (Wildman–Crippen LogP) is 3.59. The Bertz CT molecular complexity index is 1020. The lowest BCUT2D eigenvalue weighted by Gasteiger charge is -2.32. The first-order valence-electron chi connectivity index (χ1n) is 9.48.